The molecule has 0 spiro atoms. The van der Waals surface area contributed by atoms with Crippen LogP contribution in [-0.4, -0.2) is 36.2 Å². The molecular formula is C12H15BrO4. The van der Waals surface area contributed by atoms with Crippen molar-refractivity contribution in [2.24, 2.45) is 0 Å². The summed E-state index contributed by atoms with van der Waals surface area (Å²) in [6.45, 7) is 0.579. The number of benzene rings is 1. The summed E-state index contributed by atoms with van der Waals surface area (Å²) in [6, 6.07) is 7.37. The van der Waals surface area contributed by atoms with Gasteiger partial charge in [0.25, 0.3) is 0 Å². The maximum Gasteiger partial charge on any atom is 0.333 e. The second-order valence-corrected chi connectivity index (χ2v) is 4.24. The van der Waals surface area contributed by atoms with Crippen molar-refractivity contribution in [2.45, 2.75) is 12.5 Å². The Labute approximate surface area is 109 Å². The van der Waals surface area contributed by atoms with Crippen LogP contribution < -0.4 is 4.74 Å². The van der Waals surface area contributed by atoms with E-state index in [9.17, 15) is 4.79 Å². The fourth-order valence-corrected chi connectivity index (χ4v) is 1.57. The lowest BCUT2D eigenvalue weighted by Gasteiger charge is -2.11. The quantitative estimate of drug-likeness (QED) is 0.784. The second kappa shape index (κ2) is 7.29. The van der Waals surface area contributed by atoms with Gasteiger partial charge in [-0.2, -0.15) is 0 Å². The molecule has 0 heterocycles. The third kappa shape index (κ3) is 4.75. The number of carbonyl (C=O) groups is 1. The van der Waals surface area contributed by atoms with Crippen LogP contribution in [0.15, 0.2) is 24.3 Å². The summed E-state index contributed by atoms with van der Waals surface area (Å²) >= 11 is 3.27. The van der Waals surface area contributed by atoms with E-state index in [4.69, 9.17) is 14.6 Å². The van der Waals surface area contributed by atoms with Crippen LogP contribution in [0.25, 0.3) is 0 Å². The minimum absolute atomic E-state index is 0.331. The van der Waals surface area contributed by atoms with Gasteiger partial charge in [0.2, 0.25) is 0 Å². The van der Waals surface area contributed by atoms with Crippen LogP contribution in [0.5, 0.6) is 5.75 Å². The van der Waals surface area contributed by atoms with E-state index in [1.165, 1.54) is 7.11 Å². The number of aliphatic carboxylic acids is 1. The van der Waals surface area contributed by atoms with Crippen molar-refractivity contribution < 1.29 is 19.4 Å². The highest BCUT2D eigenvalue weighted by molar-refractivity contribution is 9.09. The molecule has 1 atom stereocenters. The zero-order valence-electron chi connectivity index (χ0n) is 9.56. The normalized spacial score (nSPS) is 12.1. The van der Waals surface area contributed by atoms with Crippen molar-refractivity contribution in [3.63, 3.8) is 0 Å². The van der Waals surface area contributed by atoms with Crippen LogP contribution in [0.1, 0.15) is 5.56 Å². The molecule has 0 saturated heterocycles. The lowest BCUT2D eigenvalue weighted by molar-refractivity contribution is -0.148. The van der Waals surface area contributed by atoms with Crippen molar-refractivity contribution in [2.75, 3.05) is 19.0 Å². The molecule has 5 heteroatoms. The summed E-state index contributed by atoms with van der Waals surface area (Å²) in [5, 5.41) is 9.64. The van der Waals surface area contributed by atoms with Gasteiger partial charge in [-0.05, 0) is 17.7 Å². The number of rotatable bonds is 7. The van der Waals surface area contributed by atoms with E-state index in [0.717, 1.165) is 16.6 Å². The third-order valence-corrected chi connectivity index (χ3v) is 2.55. The van der Waals surface area contributed by atoms with E-state index in [1.54, 1.807) is 0 Å². The highest BCUT2D eigenvalue weighted by atomic mass is 79.9. The van der Waals surface area contributed by atoms with E-state index in [1.807, 2.05) is 24.3 Å². The minimum Gasteiger partial charge on any atom is -0.493 e. The Hall–Kier alpha value is -1.07. The first-order valence-electron chi connectivity index (χ1n) is 5.20. The predicted molar refractivity (Wildman–Crippen MR) is 67.9 cm³/mol. The van der Waals surface area contributed by atoms with Crippen LogP contribution in [-0.2, 0) is 16.0 Å². The number of hydrogen-bond acceptors (Lipinski definition) is 3. The van der Waals surface area contributed by atoms with Gasteiger partial charge in [-0.1, -0.05) is 28.1 Å². The van der Waals surface area contributed by atoms with Crippen LogP contribution in [0.2, 0.25) is 0 Å². The molecule has 0 bridgehead atoms. The minimum atomic E-state index is -0.959. The van der Waals surface area contributed by atoms with E-state index in [0.29, 0.717) is 13.0 Å². The van der Waals surface area contributed by atoms with Crippen molar-refractivity contribution in [3.05, 3.63) is 29.8 Å². The van der Waals surface area contributed by atoms with Gasteiger partial charge in [0.1, 0.15) is 5.75 Å². The van der Waals surface area contributed by atoms with Gasteiger partial charge in [0.15, 0.2) is 6.10 Å². The lowest BCUT2D eigenvalue weighted by atomic mass is 10.1. The fourth-order valence-electron chi connectivity index (χ4n) is 1.40. The molecule has 0 aliphatic carbocycles. The average Bonchev–Trinajstić information content (AvgIpc) is 2.33. The Morgan fingerprint density at radius 2 is 2.29 bits per heavy atom. The Morgan fingerprint density at radius 3 is 2.88 bits per heavy atom. The second-order valence-electron chi connectivity index (χ2n) is 3.45. The van der Waals surface area contributed by atoms with Crippen LogP contribution in [0.4, 0.5) is 0 Å². The Balaban J connectivity index is 2.67. The highest BCUT2D eigenvalue weighted by Gasteiger charge is 2.16. The smallest absolute Gasteiger partial charge is 0.333 e. The summed E-state index contributed by atoms with van der Waals surface area (Å²) in [7, 11) is 1.39. The number of carboxylic acid groups (broad SMARTS) is 1. The summed E-state index contributed by atoms with van der Waals surface area (Å²) in [6.07, 6.45) is -0.487. The molecule has 1 unspecified atom stereocenters. The Bertz CT molecular complexity index is 367. The SMILES string of the molecule is COC(Cc1cccc(OCCBr)c1)C(=O)O. The first-order chi connectivity index (χ1) is 8.17. The van der Waals surface area contributed by atoms with E-state index in [2.05, 4.69) is 15.9 Å². The average molecular weight is 303 g/mol. The van der Waals surface area contributed by atoms with Gasteiger partial charge in [0, 0.05) is 18.9 Å². The van der Waals surface area contributed by atoms with Crippen LogP contribution >= 0.6 is 15.9 Å². The molecule has 1 N–H and O–H groups in total. The summed E-state index contributed by atoms with van der Waals surface area (Å²) in [4.78, 5) is 10.8. The zero-order valence-corrected chi connectivity index (χ0v) is 11.1. The highest BCUT2D eigenvalue weighted by Crippen LogP contribution is 2.15. The van der Waals surface area contributed by atoms with Crippen molar-refractivity contribution in [1.29, 1.82) is 0 Å². The number of halogens is 1. The van der Waals surface area contributed by atoms with Gasteiger partial charge in [0.05, 0.1) is 6.61 Å². The number of alkyl halides is 1. The number of carboxylic acids is 1. The van der Waals surface area contributed by atoms with Crippen molar-refractivity contribution in [3.8, 4) is 5.75 Å². The molecule has 0 saturated carbocycles. The zero-order chi connectivity index (χ0) is 12.7. The van der Waals surface area contributed by atoms with Crippen molar-refractivity contribution in [1.82, 2.24) is 0 Å². The monoisotopic (exact) mass is 302 g/mol. The standard InChI is InChI=1S/C12H15BrO4/c1-16-11(12(14)15)8-9-3-2-4-10(7-9)17-6-5-13/h2-4,7,11H,5-6,8H2,1H3,(H,14,15). The number of ether oxygens (including phenoxy) is 2. The van der Waals surface area contributed by atoms with Crippen molar-refractivity contribution >= 4 is 21.9 Å². The lowest BCUT2D eigenvalue weighted by Crippen LogP contribution is -2.24. The topological polar surface area (TPSA) is 55.8 Å². The molecule has 17 heavy (non-hydrogen) atoms. The molecule has 0 amide bonds. The summed E-state index contributed by atoms with van der Waals surface area (Å²) in [5.74, 6) is -0.221. The Morgan fingerprint density at radius 1 is 1.53 bits per heavy atom. The van der Waals surface area contributed by atoms with Crippen LogP contribution in [0, 0.1) is 0 Å². The fraction of sp³-hybridized carbons (Fsp3) is 0.417. The molecule has 4 nitrogen and oxygen atoms in total. The van der Waals surface area contributed by atoms with Gasteiger partial charge >= 0.3 is 5.97 Å². The number of methoxy groups -OCH3 is 1. The van der Waals surface area contributed by atoms with E-state index >= 15 is 0 Å². The molecule has 1 rings (SSSR count). The molecule has 94 valence electrons. The molecule has 1 aromatic carbocycles. The predicted octanol–water partition coefficient (Wildman–Crippen LogP) is 2.10. The summed E-state index contributed by atoms with van der Waals surface area (Å²) < 4.78 is 10.3. The summed E-state index contributed by atoms with van der Waals surface area (Å²) in [5.41, 5.74) is 0.881. The van der Waals surface area contributed by atoms with Gasteiger partial charge in [-0.3, -0.25) is 0 Å². The van der Waals surface area contributed by atoms with E-state index < -0.39 is 12.1 Å². The molecule has 0 aliphatic rings. The maximum absolute atomic E-state index is 10.8. The van der Waals surface area contributed by atoms with Gasteiger partial charge < -0.3 is 14.6 Å². The third-order valence-electron chi connectivity index (χ3n) is 2.23. The molecule has 0 fully saturated rings. The largest absolute Gasteiger partial charge is 0.493 e. The number of hydrogen-bond donors (Lipinski definition) is 1. The molecule has 0 aliphatic heterocycles. The molecule has 1 aromatic rings. The van der Waals surface area contributed by atoms with Gasteiger partial charge in [-0.15, -0.1) is 0 Å². The molecule has 0 aromatic heterocycles. The molecule has 0 radical (unpaired) electrons. The molecular weight excluding hydrogens is 288 g/mol. The van der Waals surface area contributed by atoms with Gasteiger partial charge in [-0.25, -0.2) is 4.79 Å². The Kier molecular flexibility index (Phi) is 6.00. The first kappa shape index (κ1) is 14.0. The van der Waals surface area contributed by atoms with E-state index in [-0.39, 0.29) is 0 Å². The maximum atomic E-state index is 10.8. The first-order valence-corrected chi connectivity index (χ1v) is 6.33. The van der Waals surface area contributed by atoms with Crippen LogP contribution in [0.3, 0.4) is 0 Å².